The summed E-state index contributed by atoms with van der Waals surface area (Å²) >= 11 is 0. The molecule has 1 amide bonds. The van der Waals surface area contributed by atoms with Crippen LogP contribution in [0.4, 0.5) is 22.2 Å². The number of nitrogens with one attached hydrogen (secondary N) is 2. The summed E-state index contributed by atoms with van der Waals surface area (Å²) < 4.78 is 7.37. The molecule has 0 spiro atoms. The third-order valence-corrected chi connectivity index (χ3v) is 5.94. The normalized spacial score (nSPS) is 15.6. The molecule has 3 aromatic heterocycles. The Labute approximate surface area is 199 Å². The average molecular weight is 468 g/mol. The van der Waals surface area contributed by atoms with E-state index in [-0.39, 0.29) is 0 Å². The Bertz CT molecular complexity index is 1040. The number of ether oxygens (including phenoxy) is 1. The summed E-state index contributed by atoms with van der Waals surface area (Å²) in [5.41, 5.74) is 1.61. The molecule has 2 aliphatic rings. The highest BCUT2D eigenvalue weighted by Gasteiger charge is 2.12. The van der Waals surface area contributed by atoms with Gasteiger partial charge in [0.25, 0.3) is 0 Å². The molecule has 34 heavy (non-hydrogen) atoms. The lowest BCUT2D eigenvalue weighted by Crippen LogP contribution is -2.36. The summed E-state index contributed by atoms with van der Waals surface area (Å²) in [6, 6.07) is 5.88. The summed E-state index contributed by atoms with van der Waals surface area (Å²) in [6.45, 7) is 4.20. The first-order chi connectivity index (χ1) is 16.7. The van der Waals surface area contributed by atoms with Gasteiger partial charge in [0.1, 0.15) is 11.5 Å². The second kappa shape index (κ2) is 12.2. The van der Waals surface area contributed by atoms with Crippen LogP contribution in [0, 0.1) is 0 Å². The number of carboxylic acid groups (broad SMARTS) is 1. The van der Waals surface area contributed by atoms with Gasteiger partial charge in [0.2, 0.25) is 5.95 Å². The number of fused-ring (bicyclic) bond motifs is 1. The van der Waals surface area contributed by atoms with Gasteiger partial charge in [-0.2, -0.15) is 4.98 Å². The van der Waals surface area contributed by atoms with E-state index < -0.39 is 6.09 Å². The van der Waals surface area contributed by atoms with Crippen molar-refractivity contribution in [2.45, 2.75) is 45.1 Å². The first-order valence-corrected chi connectivity index (χ1v) is 12.0. The zero-order valence-corrected chi connectivity index (χ0v) is 19.4. The van der Waals surface area contributed by atoms with Gasteiger partial charge < -0.3 is 29.9 Å². The molecule has 0 bridgehead atoms. The quantitative estimate of drug-likeness (QED) is 0.446. The van der Waals surface area contributed by atoms with Crippen molar-refractivity contribution >= 4 is 34.6 Å². The minimum Gasteiger partial charge on any atom is -0.465 e. The molecule has 0 radical (unpaired) electrons. The number of hydrogen-bond acceptors (Lipinski definition) is 7. The van der Waals surface area contributed by atoms with Gasteiger partial charge in [0, 0.05) is 44.0 Å². The number of morpholine rings is 1. The van der Waals surface area contributed by atoms with Crippen LogP contribution >= 0.6 is 0 Å². The van der Waals surface area contributed by atoms with Gasteiger partial charge in [0.05, 0.1) is 25.1 Å². The van der Waals surface area contributed by atoms with Crippen LogP contribution in [0.15, 0.2) is 36.8 Å². The first kappa shape index (κ1) is 23.7. The van der Waals surface area contributed by atoms with E-state index in [1.807, 2.05) is 29.0 Å². The van der Waals surface area contributed by atoms with Crippen LogP contribution in [0.3, 0.4) is 0 Å². The predicted molar refractivity (Wildman–Crippen MR) is 132 cm³/mol. The van der Waals surface area contributed by atoms with Crippen molar-refractivity contribution in [2.24, 2.45) is 0 Å². The van der Waals surface area contributed by atoms with Crippen molar-refractivity contribution in [1.82, 2.24) is 24.8 Å². The Morgan fingerprint density at radius 2 is 1.79 bits per heavy atom. The molecule has 182 valence electrons. The number of rotatable bonds is 7. The van der Waals surface area contributed by atoms with E-state index in [2.05, 4.69) is 30.5 Å². The molecule has 3 N–H and O–H groups in total. The number of anilines is 3. The van der Waals surface area contributed by atoms with Crippen LogP contribution in [0.25, 0.3) is 11.0 Å². The standard InChI is InChI=1S/C19H23N7O3.C5H10/c27-19(28)20-5-1-6-26-7-4-14-12-22-18(24-17(14)26)23-15-2-3-16(21-13-15)25-8-10-29-11-9-25;1-2-4-5-3-1/h2-4,7,12-13,20H,1,5-6,8-11H2,(H,27,28)(H,22,23,24);1-5H2. The van der Waals surface area contributed by atoms with Crippen LogP contribution in [0.1, 0.15) is 38.5 Å². The largest absolute Gasteiger partial charge is 0.465 e. The number of carbonyl (C=O) groups is 1. The molecule has 1 aliphatic heterocycles. The molecule has 1 saturated carbocycles. The predicted octanol–water partition coefficient (Wildman–Crippen LogP) is 4.01. The molecule has 10 nitrogen and oxygen atoms in total. The second-order valence-corrected chi connectivity index (χ2v) is 8.46. The number of aryl methyl sites for hydroxylation is 1. The third-order valence-electron chi connectivity index (χ3n) is 5.94. The molecule has 0 aromatic carbocycles. The molecule has 3 aromatic rings. The molecular formula is C24H33N7O3. The van der Waals surface area contributed by atoms with Gasteiger partial charge in [0.15, 0.2) is 0 Å². The lowest BCUT2D eigenvalue weighted by atomic mass is 10.3. The minimum atomic E-state index is -1.01. The van der Waals surface area contributed by atoms with Crippen LogP contribution in [0.5, 0.6) is 0 Å². The fourth-order valence-electron chi connectivity index (χ4n) is 4.11. The van der Waals surface area contributed by atoms with Crippen molar-refractivity contribution in [3.8, 4) is 0 Å². The van der Waals surface area contributed by atoms with Crippen LogP contribution in [-0.4, -0.2) is 63.6 Å². The molecule has 1 aliphatic carbocycles. The van der Waals surface area contributed by atoms with Crippen molar-refractivity contribution in [1.29, 1.82) is 0 Å². The molecule has 1 saturated heterocycles. The topological polar surface area (TPSA) is 117 Å². The lowest BCUT2D eigenvalue weighted by molar-refractivity contribution is 0.122. The maximum atomic E-state index is 10.5. The summed E-state index contributed by atoms with van der Waals surface area (Å²) in [6.07, 6.45) is 12.6. The number of nitrogens with zero attached hydrogens (tertiary/aromatic N) is 5. The monoisotopic (exact) mass is 467 g/mol. The van der Waals surface area contributed by atoms with E-state index in [0.717, 1.165) is 48.8 Å². The van der Waals surface area contributed by atoms with E-state index in [1.165, 1.54) is 32.1 Å². The van der Waals surface area contributed by atoms with Gasteiger partial charge in [-0.15, -0.1) is 0 Å². The summed E-state index contributed by atoms with van der Waals surface area (Å²) in [7, 11) is 0. The van der Waals surface area contributed by atoms with Gasteiger partial charge in [-0.3, -0.25) is 0 Å². The smallest absolute Gasteiger partial charge is 0.404 e. The van der Waals surface area contributed by atoms with E-state index in [9.17, 15) is 4.79 Å². The number of amides is 1. The van der Waals surface area contributed by atoms with Crippen LogP contribution in [0.2, 0.25) is 0 Å². The first-order valence-electron chi connectivity index (χ1n) is 12.0. The highest BCUT2D eigenvalue weighted by atomic mass is 16.5. The highest BCUT2D eigenvalue weighted by molar-refractivity contribution is 5.76. The minimum absolute atomic E-state index is 0.395. The van der Waals surface area contributed by atoms with Crippen molar-refractivity contribution in [2.75, 3.05) is 43.1 Å². The average Bonchev–Trinajstić information content (AvgIpc) is 3.57. The molecule has 5 rings (SSSR count). The van der Waals surface area contributed by atoms with E-state index in [1.54, 1.807) is 12.4 Å². The second-order valence-electron chi connectivity index (χ2n) is 8.46. The van der Waals surface area contributed by atoms with Gasteiger partial charge >= 0.3 is 6.09 Å². The fourth-order valence-corrected chi connectivity index (χ4v) is 4.11. The Morgan fingerprint density at radius 1 is 1.03 bits per heavy atom. The van der Waals surface area contributed by atoms with Crippen molar-refractivity contribution < 1.29 is 14.6 Å². The Morgan fingerprint density at radius 3 is 2.47 bits per heavy atom. The third kappa shape index (κ3) is 6.80. The van der Waals surface area contributed by atoms with E-state index in [0.29, 0.717) is 25.5 Å². The zero-order chi connectivity index (χ0) is 23.6. The molecular weight excluding hydrogens is 434 g/mol. The molecule has 0 atom stereocenters. The van der Waals surface area contributed by atoms with E-state index in [4.69, 9.17) is 9.84 Å². The summed E-state index contributed by atoms with van der Waals surface area (Å²) in [5.74, 6) is 1.42. The maximum Gasteiger partial charge on any atom is 0.404 e. The van der Waals surface area contributed by atoms with Gasteiger partial charge in [-0.25, -0.2) is 14.8 Å². The summed E-state index contributed by atoms with van der Waals surface area (Å²) in [5, 5.41) is 15.1. The Balaban J connectivity index is 0.000000486. The molecule has 2 fully saturated rings. The lowest BCUT2D eigenvalue weighted by Gasteiger charge is -2.27. The zero-order valence-electron chi connectivity index (χ0n) is 19.4. The van der Waals surface area contributed by atoms with Crippen molar-refractivity contribution in [3.63, 3.8) is 0 Å². The Hall–Kier alpha value is -3.40. The molecule has 4 heterocycles. The maximum absolute atomic E-state index is 10.5. The Kier molecular flexibility index (Phi) is 8.50. The van der Waals surface area contributed by atoms with Crippen molar-refractivity contribution in [3.05, 3.63) is 36.8 Å². The van der Waals surface area contributed by atoms with Gasteiger partial charge in [-0.1, -0.05) is 32.1 Å². The number of hydrogen-bond donors (Lipinski definition) is 3. The number of aromatic nitrogens is 4. The van der Waals surface area contributed by atoms with Gasteiger partial charge in [-0.05, 0) is 24.6 Å². The SMILES string of the molecule is C1CCCC1.O=C(O)NCCCn1ccc2cnc(Nc3ccc(N4CCOCC4)nc3)nc21. The molecule has 10 heteroatoms. The fraction of sp³-hybridized carbons (Fsp3) is 0.500. The number of pyridine rings is 1. The van der Waals surface area contributed by atoms with Crippen LogP contribution < -0.4 is 15.5 Å². The molecule has 0 unspecified atom stereocenters. The van der Waals surface area contributed by atoms with Crippen LogP contribution in [-0.2, 0) is 11.3 Å². The highest BCUT2D eigenvalue weighted by Crippen LogP contribution is 2.20. The summed E-state index contributed by atoms with van der Waals surface area (Å²) in [4.78, 5) is 26.2. The van der Waals surface area contributed by atoms with E-state index >= 15 is 0 Å².